The maximum atomic E-state index is 13.2. The zero-order chi connectivity index (χ0) is 19.2. The first kappa shape index (κ1) is 17.9. The number of nitrogens with zero attached hydrogens (tertiary/aromatic N) is 1. The second kappa shape index (κ2) is 6.28. The molecule has 1 saturated carbocycles. The van der Waals surface area contributed by atoms with Gasteiger partial charge in [0.2, 0.25) is 5.79 Å². The van der Waals surface area contributed by atoms with Crippen LogP contribution in [0, 0.1) is 5.82 Å². The smallest absolute Gasteiger partial charge is 0.358 e. The Hall–Kier alpha value is -2.51. The SMILES string of the molecule is CC1(C)OCc2c(CNC3(c4ccc(F)cc4)CC3)cnc(C(=O)O)c2O1. The lowest BCUT2D eigenvalue weighted by Gasteiger charge is -2.34. The Morgan fingerprint density at radius 3 is 2.63 bits per heavy atom. The topological polar surface area (TPSA) is 80.7 Å². The minimum atomic E-state index is -1.13. The monoisotopic (exact) mass is 372 g/mol. The molecule has 2 aliphatic rings. The molecular formula is C20H21FN2O4. The molecule has 1 aromatic heterocycles. The second-order valence-corrected chi connectivity index (χ2v) is 7.48. The summed E-state index contributed by atoms with van der Waals surface area (Å²) < 4.78 is 24.7. The molecule has 142 valence electrons. The number of hydrogen-bond acceptors (Lipinski definition) is 5. The summed E-state index contributed by atoms with van der Waals surface area (Å²) in [7, 11) is 0. The van der Waals surface area contributed by atoms with Gasteiger partial charge >= 0.3 is 5.97 Å². The summed E-state index contributed by atoms with van der Waals surface area (Å²) in [4.78, 5) is 15.6. The van der Waals surface area contributed by atoms with Crippen LogP contribution < -0.4 is 10.1 Å². The third-order valence-electron chi connectivity index (χ3n) is 5.10. The van der Waals surface area contributed by atoms with Gasteiger partial charge in [-0.3, -0.25) is 0 Å². The number of aromatic carboxylic acids is 1. The summed E-state index contributed by atoms with van der Waals surface area (Å²) >= 11 is 0. The van der Waals surface area contributed by atoms with Gasteiger partial charge < -0.3 is 19.9 Å². The van der Waals surface area contributed by atoms with Crippen LogP contribution in [0.15, 0.2) is 30.5 Å². The molecule has 1 aliphatic carbocycles. The van der Waals surface area contributed by atoms with E-state index in [4.69, 9.17) is 9.47 Å². The standard InChI is InChI=1S/C20H21FN2O4/c1-19(2)26-11-15-12(9-22-16(18(24)25)17(15)27-19)10-23-20(7-8-20)13-3-5-14(21)6-4-13/h3-6,9,23H,7-8,10-11H2,1-2H3,(H,24,25). The first-order chi connectivity index (χ1) is 12.8. The molecule has 2 aromatic rings. The van der Waals surface area contributed by atoms with Crippen molar-refractivity contribution >= 4 is 5.97 Å². The first-order valence-electron chi connectivity index (χ1n) is 8.88. The van der Waals surface area contributed by atoms with E-state index in [2.05, 4.69) is 10.3 Å². The second-order valence-electron chi connectivity index (χ2n) is 7.48. The van der Waals surface area contributed by atoms with Gasteiger partial charge in [-0.15, -0.1) is 0 Å². The summed E-state index contributed by atoms with van der Waals surface area (Å²) in [6.45, 7) is 4.21. The highest BCUT2D eigenvalue weighted by molar-refractivity contribution is 5.89. The maximum absolute atomic E-state index is 13.2. The molecule has 0 amide bonds. The molecule has 27 heavy (non-hydrogen) atoms. The zero-order valence-corrected chi connectivity index (χ0v) is 15.2. The van der Waals surface area contributed by atoms with Crippen LogP contribution in [0.5, 0.6) is 5.75 Å². The number of aromatic nitrogens is 1. The van der Waals surface area contributed by atoms with Crippen molar-refractivity contribution < 1.29 is 23.8 Å². The van der Waals surface area contributed by atoms with Gasteiger partial charge in [0.15, 0.2) is 11.4 Å². The number of hydrogen-bond donors (Lipinski definition) is 2. The molecule has 7 heteroatoms. The number of halogens is 1. The van der Waals surface area contributed by atoms with E-state index in [0.717, 1.165) is 24.0 Å². The molecule has 0 spiro atoms. The molecule has 2 heterocycles. The molecule has 4 rings (SSSR count). The van der Waals surface area contributed by atoms with Gasteiger partial charge in [-0.05, 0) is 36.1 Å². The van der Waals surface area contributed by atoms with Crippen LogP contribution in [0.4, 0.5) is 4.39 Å². The average Bonchev–Trinajstić information content (AvgIpc) is 3.40. The zero-order valence-electron chi connectivity index (χ0n) is 15.2. The number of carbonyl (C=O) groups is 1. The predicted molar refractivity (Wildman–Crippen MR) is 94.8 cm³/mol. The number of pyridine rings is 1. The fourth-order valence-electron chi connectivity index (χ4n) is 3.39. The van der Waals surface area contributed by atoms with Gasteiger partial charge in [0, 0.05) is 37.7 Å². The predicted octanol–water partition coefficient (Wildman–Crippen LogP) is 3.34. The van der Waals surface area contributed by atoms with E-state index in [-0.39, 0.29) is 29.4 Å². The lowest BCUT2D eigenvalue weighted by atomic mass is 10.0. The number of fused-ring (bicyclic) bond motifs is 1. The Morgan fingerprint density at radius 2 is 2.00 bits per heavy atom. The Kier molecular flexibility index (Phi) is 4.16. The highest BCUT2D eigenvalue weighted by Crippen LogP contribution is 2.46. The quantitative estimate of drug-likeness (QED) is 0.838. The fourth-order valence-corrected chi connectivity index (χ4v) is 3.39. The van der Waals surface area contributed by atoms with E-state index >= 15 is 0 Å². The van der Waals surface area contributed by atoms with Gasteiger partial charge in [-0.25, -0.2) is 14.2 Å². The molecule has 1 aliphatic heterocycles. The lowest BCUT2D eigenvalue weighted by Crippen LogP contribution is -2.37. The summed E-state index contributed by atoms with van der Waals surface area (Å²) in [5, 5.41) is 12.9. The molecule has 0 atom stereocenters. The van der Waals surface area contributed by atoms with Crippen LogP contribution in [-0.4, -0.2) is 21.8 Å². The van der Waals surface area contributed by atoms with Crippen LogP contribution in [0.1, 0.15) is 53.9 Å². The Morgan fingerprint density at radius 1 is 1.30 bits per heavy atom. The van der Waals surface area contributed by atoms with Crippen molar-refractivity contribution in [3.8, 4) is 5.75 Å². The van der Waals surface area contributed by atoms with E-state index < -0.39 is 11.8 Å². The fraction of sp³-hybridized carbons (Fsp3) is 0.400. The van der Waals surface area contributed by atoms with Crippen molar-refractivity contribution in [3.63, 3.8) is 0 Å². The average molecular weight is 372 g/mol. The highest BCUT2D eigenvalue weighted by Gasteiger charge is 2.44. The third-order valence-corrected chi connectivity index (χ3v) is 5.10. The van der Waals surface area contributed by atoms with Crippen LogP contribution in [0.2, 0.25) is 0 Å². The number of nitrogens with one attached hydrogen (secondary N) is 1. The molecular weight excluding hydrogens is 351 g/mol. The van der Waals surface area contributed by atoms with Crippen molar-refractivity contribution in [2.75, 3.05) is 0 Å². The van der Waals surface area contributed by atoms with Crippen molar-refractivity contribution in [2.24, 2.45) is 0 Å². The van der Waals surface area contributed by atoms with Crippen LogP contribution in [0.3, 0.4) is 0 Å². The van der Waals surface area contributed by atoms with Crippen LogP contribution in [0.25, 0.3) is 0 Å². The van der Waals surface area contributed by atoms with Crippen molar-refractivity contribution in [3.05, 3.63) is 58.7 Å². The maximum Gasteiger partial charge on any atom is 0.358 e. The van der Waals surface area contributed by atoms with Crippen molar-refractivity contribution in [2.45, 2.75) is 51.2 Å². The van der Waals surface area contributed by atoms with Crippen molar-refractivity contribution in [1.82, 2.24) is 10.3 Å². The van der Waals surface area contributed by atoms with Crippen LogP contribution >= 0.6 is 0 Å². The highest BCUT2D eigenvalue weighted by atomic mass is 19.1. The lowest BCUT2D eigenvalue weighted by molar-refractivity contribution is -0.180. The summed E-state index contributed by atoms with van der Waals surface area (Å²) in [5.41, 5.74) is 2.29. The molecule has 2 N–H and O–H groups in total. The van der Waals surface area contributed by atoms with Gasteiger partial charge in [0.05, 0.1) is 6.61 Å². The Bertz CT molecular complexity index is 892. The third kappa shape index (κ3) is 3.40. The molecule has 0 bridgehead atoms. The summed E-state index contributed by atoms with van der Waals surface area (Å²) in [5.74, 6) is -2.02. The van der Waals surface area contributed by atoms with Gasteiger partial charge in [0.1, 0.15) is 5.82 Å². The largest absolute Gasteiger partial charge is 0.476 e. The van der Waals surface area contributed by atoms with Gasteiger partial charge in [-0.2, -0.15) is 0 Å². The van der Waals surface area contributed by atoms with Gasteiger partial charge in [-0.1, -0.05) is 12.1 Å². The minimum absolute atomic E-state index is 0.107. The summed E-state index contributed by atoms with van der Waals surface area (Å²) in [6, 6.07) is 6.52. The molecule has 0 radical (unpaired) electrons. The summed E-state index contributed by atoms with van der Waals surface area (Å²) in [6.07, 6.45) is 3.48. The normalized spacial score (nSPS) is 19.1. The minimum Gasteiger partial charge on any atom is -0.476 e. The van der Waals surface area contributed by atoms with E-state index in [1.54, 1.807) is 32.2 Å². The molecule has 1 fully saturated rings. The van der Waals surface area contributed by atoms with E-state index in [1.165, 1.54) is 12.1 Å². The number of carboxylic acids is 1. The number of rotatable bonds is 5. The molecule has 0 unspecified atom stereocenters. The number of ether oxygens (including phenoxy) is 2. The van der Waals surface area contributed by atoms with E-state index in [9.17, 15) is 14.3 Å². The van der Waals surface area contributed by atoms with E-state index in [1.807, 2.05) is 0 Å². The number of carboxylic acid groups (broad SMARTS) is 1. The molecule has 1 aromatic carbocycles. The van der Waals surface area contributed by atoms with E-state index in [0.29, 0.717) is 12.1 Å². The van der Waals surface area contributed by atoms with Crippen LogP contribution in [-0.2, 0) is 23.4 Å². The molecule has 0 saturated heterocycles. The van der Waals surface area contributed by atoms with Gasteiger partial charge in [0.25, 0.3) is 0 Å². The molecule has 6 nitrogen and oxygen atoms in total. The first-order valence-corrected chi connectivity index (χ1v) is 8.88. The number of benzene rings is 1. The Labute approximate surface area is 156 Å². The van der Waals surface area contributed by atoms with Crippen molar-refractivity contribution in [1.29, 1.82) is 0 Å². The Balaban J connectivity index is 1.60.